The first kappa shape index (κ1) is 26.5. The molecule has 0 fully saturated rings. The van der Waals surface area contributed by atoms with Crippen LogP contribution < -0.4 is 4.90 Å². The summed E-state index contributed by atoms with van der Waals surface area (Å²) in [5.41, 5.74) is -4.27. The summed E-state index contributed by atoms with van der Waals surface area (Å²) in [5.74, 6) is 0.163. The molecule has 0 amide bonds. The Morgan fingerprint density at radius 2 is 1.81 bits per heavy atom. The first-order chi connectivity index (χ1) is 17.2. The molecule has 0 aliphatic carbocycles. The zero-order valence-corrected chi connectivity index (χ0v) is 19.9. The van der Waals surface area contributed by atoms with Crippen LogP contribution in [0.2, 0.25) is 0 Å². The predicted octanol–water partition coefficient (Wildman–Crippen LogP) is 5.70. The molecule has 6 nitrogen and oxygen atoms in total. The highest BCUT2D eigenvalue weighted by Crippen LogP contribution is 2.51. The number of alkyl halides is 6. The molecule has 2 heterocycles. The fraction of sp³-hybridized carbons (Fsp3) is 0.360. The van der Waals surface area contributed by atoms with E-state index >= 15 is 0 Å². The summed E-state index contributed by atoms with van der Waals surface area (Å²) < 4.78 is 90.5. The first-order valence-electron chi connectivity index (χ1n) is 11.1. The lowest BCUT2D eigenvalue weighted by Crippen LogP contribution is -2.53. The summed E-state index contributed by atoms with van der Waals surface area (Å²) in [6.45, 7) is 3.62. The van der Waals surface area contributed by atoms with E-state index in [2.05, 4.69) is 4.98 Å². The third kappa shape index (κ3) is 4.54. The van der Waals surface area contributed by atoms with Crippen LogP contribution in [0.5, 0.6) is 0 Å². The second-order valence-electron chi connectivity index (χ2n) is 8.82. The van der Waals surface area contributed by atoms with Crippen LogP contribution in [-0.2, 0) is 23.3 Å². The minimum atomic E-state index is -5.96. The van der Waals surface area contributed by atoms with Crippen molar-refractivity contribution in [1.82, 2.24) is 4.98 Å². The van der Waals surface area contributed by atoms with E-state index in [1.54, 1.807) is 43.0 Å². The number of nitrogens with zero attached hydrogens (tertiary/aromatic N) is 2. The number of benzene rings is 2. The van der Waals surface area contributed by atoms with E-state index in [1.807, 2.05) is 0 Å². The van der Waals surface area contributed by atoms with Gasteiger partial charge in [0.05, 0.1) is 19.2 Å². The van der Waals surface area contributed by atoms with Crippen molar-refractivity contribution in [1.29, 1.82) is 0 Å². The van der Waals surface area contributed by atoms with Gasteiger partial charge in [0.2, 0.25) is 5.89 Å². The van der Waals surface area contributed by atoms with Crippen LogP contribution in [0.25, 0.3) is 11.5 Å². The summed E-state index contributed by atoms with van der Waals surface area (Å²) in [5, 5.41) is 9.76. The van der Waals surface area contributed by atoms with Gasteiger partial charge in [0.25, 0.3) is 5.60 Å². The molecule has 2 aromatic carbocycles. The Morgan fingerprint density at radius 1 is 1.14 bits per heavy atom. The van der Waals surface area contributed by atoms with Crippen molar-refractivity contribution in [2.75, 3.05) is 12.0 Å². The van der Waals surface area contributed by atoms with Crippen molar-refractivity contribution in [2.24, 2.45) is 0 Å². The number of methoxy groups -OCH3 is 1. The number of aromatic nitrogens is 1. The lowest BCUT2D eigenvalue weighted by molar-refractivity contribution is -0.376. The summed E-state index contributed by atoms with van der Waals surface area (Å²) in [6, 6.07) is 8.72. The van der Waals surface area contributed by atoms with Gasteiger partial charge in [-0.3, -0.25) is 0 Å². The number of fused-ring (bicyclic) bond motifs is 1. The molecular formula is C25H22F6N2O4. The Labute approximate surface area is 207 Å². The Hall–Kier alpha value is -3.54. The Kier molecular flexibility index (Phi) is 6.51. The van der Waals surface area contributed by atoms with Crippen LogP contribution in [0.15, 0.2) is 46.9 Å². The van der Waals surface area contributed by atoms with Crippen molar-refractivity contribution in [3.63, 3.8) is 0 Å². The van der Waals surface area contributed by atoms with E-state index in [-0.39, 0.29) is 30.5 Å². The summed E-state index contributed by atoms with van der Waals surface area (Å²) in [7, 11) is 1.26. The third-order valence-electron chi connectivity index (χ3n) is 6.42. The maximum absolute atomic E-state index is 13.3. The van der Waals surface area contributed by atoms with Crippen LogP contribution in [0.1, 0.15) is 39.9 Å². The lowest BCUT2D eigenvalue weighted by atomic mass is 9.90. The van der Waals surface area contributed by atoms with Gasteiger partial charge in [-0.1, -0.05) is 18.2 Å². The number of hydrogen-bond donors (Lipinski definition) is 1. The van der Waals surface area contributed by atoms with Crippen LogP contribution in [0.3, 0.4) is 0 Å². The normalized spacial score (nSPS) is 16.2. The molecule has 4 rings (SSSR count). The number of carbonyl (C=O) groups is 1. The second kappa shape index (κ2) is 9.09. The van der Waals surface area contributed by atoms with Gasteiger partial charge in [0, 0.05) is 22.9 Å². The zero-order chi connectivity index (χ0) is 27.3. The molecular weight excluding hydrogens is 506 g/mol. The van der Waals surface area contributed by atoms with Gasteiger partial charge in [-0.25, -0.2) is 9.78 Å². The van der Waals surface area contributed by atoms with Crippen molar-refractivity contribution < 1.29 is 45.4 Å². The smallest absolute Gasteiger partial charge is 0.430 e. The minimum absolute atomic E-state index is 0.167. The molecule has 198 valence electrons. The molecule has 37 heavy (non-hydrogen) atoms. The molecule has 0 saturated heterocycles. The van der Waals surface area contributed by atoms with Crippen LogP contribution in [0.4, 0.5) is 32.0 Å². The van der Waals surface area contributed by atoms with E-state index in [4.69, 9.17) is 9.15 Å². The number of anilines is 1. The van der Waals surface area contributed by atoms with Gasteiger partial charge < -0.3 is 19.2 Å². The minimum Gasteiger partial charge on any atom is -0.465 e. The van der Waals surface area contributed by atoms with E-state index in [0.29, 0.717) is 34.3 Å². The lowest BCUT2D eigenvalue weighted by Gasteiger charge is -2.33. The molecule has 1 aliphatic rings. The number of rotatable bonds is 5. The molecule has 1 N–H and O–H groups in total. The number of aliphatic hydroxyl groups is 1. The number of carbonyl (C=O) groups excluding carboxylic acids is 1. The Morgan fingerprint density at radius 3 is 2.43 bits per heavy atom. The largest absolute Gasteiger partial charge is 0.465 e. The standard InChI is InChI=1S/C25H22F6N2O4/c1-13-9-17-11-18(23(35,24(26,27)28)25(29,30)31)7-8-20(17)33(13)12-19-14(2)37-21(32-19)15-5-4-6-16(10-15)22(34)36-3/h4-8,10-11,13,35H,9,12H2,1-3H3. The Balaban J connectivity index is 1.64. The summed E-state index contributed by atoms with van der Waals surface area (Å²) >= 11 is 0. The molecule has 1 atom stereocenters. The van der Waals surface area contributed by atoms with Crippen LogP contribution >= 0.6 is 0 Å². The average Bonchev–Trinajstić information content (AvgIpc) is 3.35. The Bertz CT molecular complexity index is 1320. The maximum Gasteiger partial charge on any atom is 0.430 e. The highest BCUT2D eigenvalue weighted by molar-refractivity contribution is 5.90. The van der Waals surface area contributed by atoms with Crippen molar-refractivity contribution in [3.8, 4) is 11.5 Å². The molecule has 0 bridgehead atoms. The predicted molar refractivity (Wildman–Crippen MR) is 120 cm³/mol. The topological polar surface area (TPSA) is 75.8 Å². The molecule has 1 aliphatic heterocycles. The van der Waals surface area contributed by atoms with Crippen molar-refractivity contribution >= 4 is 11.7 Å². The van der Waals surface area contributed by atoms with Crippen molar-refractivity contribution in [2.45, 2.75) is 50.8 Å². The zero-order valence-electron chi connectivity index (χ0n) is 19.9. The van der Waals surface area contributed by atoms with E-state index in [9.17, 15) is 36.2 Å². The molecule has 0 saturated carbocycles. The van der Waals surface area contributed by atoms with Crippen LogP contribution in [-0.4, -0.2) is 41.6 Å². The molecule has 12 heteroatoms. The number of hydrogen-bond acceptors (Lipinski definition) is 6. The van der Waals surface area contributed by atoms with Gasteiger partial charge in [0.1, 0.15) is 11.5 Å². The molecule has 0 radical (unpaired) electrons. The van der Waals surface area contributed by atoms with E-state index < -0.39 is 29.5 Å². The number of halogens is 6. The third-order valence-corrected chi connectivity index (χ3v) is 6.42. The van der Waals surface area contributed by atoms with E-state index in [1.165, 1.54) is 7.11 Å². The quantitative estimate of drug-likeness (QED) is 0.338. The van der Waals surface area contributed by atoms with Gasteiger partial charge >= 0.3 is 18.3 Å². The number of aryl methyl sites for hydroxylation is 1. The van der Waals surface area contributed by atoms with Crippen LogP contribution in [0, 0.1) is 6.92 Å². The molecule has 1 unspecified atom stereocenters. The average molecular weight is 528 g/mol. The fourth-order valence-corrected chi connectivity index (χ4v) is 4.41. The molecule has 1 aromatic heterocycles. The maximum atomic E-state index is 13.3. The molecule has 0 spiro atoms. The number of ether oxygens (including phenoxy) is 1. The fourth-order valence-electron chi connectivity index (χ4n) is 4.41. The number of esters is 1. The van der Waals surface area contributed by atoms with Gasteiger partial charge in [-0.15, -0.1) is 0 Å². The number of oxazole rings is 1. The second-order valence-corrected chi connectivity index (χ2v) is 8.82. The van der Waals surface area contributed by atoms with Crippen molar-refractivity contribution in [3.05, 3.63) is 70.6 Å². The monoisotopic (exact) mass is 528 g/mol. The highest BCUT2D eigenvalue weighted by atomic mass is 19.4. The summed E-state index contributed by atoms with van der Waals surface area (Å²) in [6.07, 6.45) is -11.7. The molecule has 3 aromatic rings. The van der Waals surface area contributed by atoms with Gasteiger partial charge in [-0.2, -0.15) is 26.3 Å². The van der Waals surface area contributed by atoms with E-state index in [0.717, 1.165) is 12.1 Å². The SMILES string of the molecule is COC(=O)c1cccc(-c2nc(CN3c4ccc(C(O)(C(F)(F)F)C(F)(F)F)cc4CC3C)c(C)o2)c1. The van der Waals surface area contributed by atoms with Gasteiger partial charge in [-0.05, 0) is 50.1 Å². The summed E-state index contributed by atoms with van der Waals surface area (Å²) in [4.78, 5) is 18.1. The highest BCUT2D eigenvalue weighted by Gasteiger charge is 2.71. The van der Waals surface area contributed by atoms with Gasteiger partial charge in [0.15, 0.2) is 0 Å². The first-order valence-corrected chi connectivity index (χ1v) is 11.1.